The Morgan fingerprint density at radius 1 is 1.22 bits per heavy atom. The van der Waals surface area contributed by atoms with Crippen LogP contribution in [0.3, 0.4) is 0 Å². The van der Waals surface area contributed by atoms with Crippen molar-refractivity contribution in [2.75, 3.05) is 33.8 Å². The number of benzene rings is 1. The normalized spacial score (nSPS) is 39.1. The fourth-order valence-corrected chi connectivity index (χ4v) is 6.78. The van der Waals surface area contributed by atoms with Gasteiger partial charge in [0.25, 0.3) is 0 Å². The Morgan fingerprint density at radius 3 is 2.81 bits per heavy atom. The minimum Gasteiger partial charge on any atom is -0.493 e. The van der Waals surface area contributed by atoms with Crippen LogP contribution in [0.5, 0.6) is 11.5 Å². The van der Waals surface area contributed by atoms with Crippen molar-refractivity contribution in [1.29, 1.82) is 0 Å². The van der Waals surface area contributed by atoms with Gasteiger partial charge in [-0.05, 0) is 57.3 Å². The highest BCUT2D eigenvalue weighted by molar-refractivity contribution is 5.64. The fraction of sp³-hybridized carbons (Fsp3) is 0.636. The molecule has 0 amide bonds. The molecule has 5 aliphatic rings. The highest BCUT2D eigenvalue weighted by Gasteiger charge is 2.71. The van der Waals surface area contributed by atoms with E-state index in [2.05, 4.69) is 29.0 Å². The largest absolute Gasteiger partial charge is 0.493 e. The van der Waals surface area contributed by atoms with Gasteiger partial charge in [-0.2, -0.15) is 0 Å². The van der Waals surface area contributed by atoms with Gasteiger partial charge in [0, 0.05) is 24.7 Å². The molecular formula is C22H28N2O3. The molecule has 0 saturated carbocycles. The molecule has 1 spiro atoms. The molecule has 2 bridgehead atoms. The number of rotatable bonds is 2. The number of hydrogen-bond donors (Lipinski definition) is 1. The maximum absolute atomic E-state index is 12.2. The Hall–Kier alpha value is -1.72. The number of ether oxygens (including phenoxy) is 2. The summed E-state index contributed by atoms with van der Waals surface area (Å²) in [5.41, 5.74) is 2.74. The van der Waals surface area contributed by atoms with E-state index in [0.29, 0.717) is 6.42 Å². The molecule has 144 valence electrons. The highest BCUT2D eigenvalue weighted by atomic mass is 16.5. The Labute approximate surface area is 160 Å². The Kier molecular flexibility index (Phi) is 3.13. The SMILES string of the molecule is COc1ccc2c3c1O[C@H]1C(N4CCCC4)=CC[C@@]4(O)[C@@H](C2)N(C)CC[C@]314. The predicted molar refractivity (Wildman–Crippen MR) is 102 cm³/mol. The molecule has 1 aromatic rings. The summed E-state index contributed by atoms with van der Waals surface area (Å²) in [5, 5.41) is 12.2. The average Bonchev–Trinajstić information content (AvgIpc) is 3.30. The van der Waals surface area contributed by atoms with Gasteiger partial charge in [-0.3, -0.25) is 0 Å². The number of nitrogens with zero attached hydrogens (tertiary/aromatic N) is 2. The third-order valence-electron chi connectivity index (χ3n) is 8.05. The van der Waals surface area contributed by atoms with Crippen LogP contribution in [-0.4, -0.2) is 66.4 Å². The first kappa shape index (κ1) is 16.3. The summed E-state index contributed by atoms with van der Waals surface area (Å²) in [6.45, 7) is 3.20. The van der Waals surface area contributed by atoms with Gasteiger partial charge in [-0.1, -0.05) is 12.1 Å². The van der Waals surface area contributed by atoms with Crippen LogP contribution in [0.15, 0.2) is 23.9 Å². The Bertz CT molecular complexity index is 846. The van der Waals surface area contributed by atoms with Gasteiger partial charge >= 0.3 is 0 Å². The first-order valence-electron chi connectivity index (χ1n) is 10.3. The standard InChI is InChI=1S/C22H28N2O3/c1-23-12-9-21-18-14-5-6-16(26-2)19(18)27-20(21)15(24-10-3-4-11-24)7-8-22(21,25)17(23)13-14/h5-7,17,20,25H,3-4,8-13H2,1-2H3/t17-,20+,21+,22-/m1/s1. The van der Waals surface area contributed by atoms with Crippen LogP contribution in [0.25, 0.3) is 0 Å². The minimum absolute atomic E-state index is 0.101. The number of hydrogen-bond acceptors (Lipinski definition) is 5. The van der Waals surface area contributed by atoms with Crippen LogP contribution in [-0.2, 0) is 11.8 Å². The second-order valence-electron chi connectivity index (χ2n) is 9.00. The number of aliphatic hydroxyl groups is 1. The quantitative estimate of drug-likeness (QED) is 0.866. The molecule has 2 fully saturated rings. The zero-order valence-corrected chi connectivity index (χ0v) is 16.2. The molecule has 2 aliphatic carbocycles. The van der Waals surface area contributed by atoms with Gasteiger partial charge in [0.2, 0.25) is 0 Å². The lowest BCUT2D eigenvalue weighted by atomic mass is 9.50. The molecule has 4 atom stereocenters. The number of piperidine rings is 1. The molecule has 27 heavy (non-hydrogen) atoms. The summed E-state index contributed by atoms with van der Waals surface area (Å²) >= 11 is 0. The fourth-order valence-electron chi connectivity index (χ4n) is 6.78. The van der Waals surface area contributed by atoms with Crippen molar-refractivity contribution in [1.82, 2.24) is 9.80 Å². The topological polar surface area (TPSA) is 45.2 Å². The lowest BCUT2D eigenvalue weighted by Gasteiger charge is -2.62. The summed E-state index contributed by atoms with van der Waals surface area (Å²) < 4.78 is 12.4. The third-order valence-corrected chi connectivity index (χ3v) is 8.05. The average molecular weight is 368 g/mol. The molecule has 1 N–H and O–H groups in total. The maximum atomic E-state index is 12.2. The van der Waals surface area contributed by atoms with E-state index in [0.717, 1.165) is 44.0 Å². The zero-order chi connectivity index (χ0) is 18.4. The van der Waals surface area contributed by atoms with Crippen molar-refractivity contribution < 1.29 is 14.6 Å². The van der Waals surface area contributed by atoms with Crippen molar-refractivity contribution in [2.45, 2.75) is 55.3 Å². The molecule has 3 heterocycles. The Morgan fingerprint density at radius 2 is 2.04 bits per heavy atom. The van der Waals surface area contributed by atoms with E-state index in [9.17, 15) is 5.11 Å². The highest BCUT2D eigenvalue weighted by Crippen LogP contribution is 2.65. The van der Waals surface area contributed by atoms with Gasteiger partial charge in [0.15, 0.2) is 17.6 Å². The zero-order valence-electron chi connectivity index (χ0n) is 16.2. The summed E-state index contributed by atoms with van der Waals surface area (Å²) in [6.07, 6.45) is 7.19. The first-order chi connectivity index (χ1) is 13.1. The van der Waals surface area contributed by atoms with E-state index in [1.54, 1.807) is 7.11 Å². The van der Waals surface area contributed by atoms with E-state index in [-0.39, 0.29) is 17.6 Å². The lowest BCUT2D eigenvalue weighted by molar-refractivity contribution is -0.160. The Balaban J connectivity index is 1.62. The van der Waals surface area contributed by atoms with Gasteiger partial charge in [0.1, 0.15) is 0 Å². The molecule has 1 aromatic carbocycles. The molecular weight excluding hydrogens is 340 g/mol. The van der Waals surface area contributed by atoms with Crippen molar-refractivity contribution >= 4 is 0 Å². The van der Waals surface area contributed by atoms with Gasteiger partial charge in [0.05, 0.1) is 23.8 Å². The summed E-state index contributed by atoms with van der Waals surface area (Å²) in [4.78, 5) is 4.86. The van der Waals surface area contributed by atoms with Crippen LogP contribution in [0.4, 0.5) is 0 Å². The van der Waals surface area contributed by atoms with E-state index < -0.39 is 5.60 Å². The second-order valence-corrected chi connectivity index (χ2v) is 9.00. The lowest BCUT2D eigenvalue weighted by Crippen LogP contribution is -2.74. The molecule has 0 aromatic heterocycles. The van der Waals surface area contributed by atoms with E-state index >= 15 is 0 Å². The molecule has 5 nitrogen and oxygen atoms in total. The van der Waals surface area contributed by atoms with Crippen molar-refractivity contribution in [3.63, 3.8) is 0 Å². The predicted octanol–water partition coefficient (Wildman–Crippen LogP) is 2.07. The monoisotopic (exact) mass is 368 g/mol. The number of methoxy groups -OCH3 is 1. The summed E-state index contributed by atoms with van der Waals surface area (Å²) in [7, 11) is 3.88. The van der Waals surface area contributed by atoms with Crippen LogP contribution < -0.4 is 9.47 Å². The summed E-state index contributed by atoms with van der Waals surface area (Å²) in [6, 6.07) is 4.38. The van der Waals surface area contributed by atoms with Crippen LogP contribution in [0.1, 0.15) is 36.8 Å². The van der Waals surface area contributed by atoms with E-state index in [1.807, 2.05) is 6.07 Å². The third kappa shape index (κ3) is 1.74. The second kappa shape index (κ2) is 5.21. The number of likely N-dealkylation sites (N-methyl/N-ethyl adjacent to an activating group) is 1. The van der Waals surface area contributed by atoms with Gasteiger partial charge in [-0.25, -0.2) is 0 Å². The van der Waals surface area contributed by atoms with Crippen LogP contribution in [0, 0.1) is 0 Å². The van der Waals surface area contributed by atoms with Crippen LogP contribution >= 0.6 is 0 Å². The molecule has 3 aliphatic heterocycles. The van der Waals surface area contributed by atoms with Crippen LogP contribution in [0.2, 0.25) is 0 Å². The molecule has 0 radical (unpaired) electrons. The number of likely N-dealkylation sites (tertiary alicyclic amines) is 2. The molecule has 5 heteroatoms. The minimum atomic E-state index is -0.779. The molecule has 6 rings (SSSR count). The smallest absolute Gasteiger partial charge is 0.166 e. The summed E-state index contributed by atoms with van der Waals surface area (Å²) in [5.74, 6) is 1.69. The van der Waals surface area contributed by atoms with Crippen molar-refractivity contribution in [3.8, 4) is 11.5 Å². The molecule has 2 saturated heterocycles. The van der Waals surface area contributed by atoms with E-state index in [4.69, 9.17) is 9.47 Å². The van der Waals surface area contributed by atoms with Crippen molar-refractivity contribution in [3.05, 3.63) is 35.0 Å². The van der Waals surface area contributed by atoms with E-state index in [1.165, 1.54) is 29.7 Å². The van der Waals surface area contributed by atoms with Gasteiger partial charge < -0.3 is 24.4 Å². The van der Waals surface area contributed by atoms with Crippen molar-refractivity contribution in [2.24, 2.45) is 0 Å². The first-order valence-corrected chi connectivity index (χ1v) is 10.3. The van der Waals surface area contributed by atoms with Gasteiger partial charge in [-0.15, -0.1) is 0 Å². The maximum Gasteiger partial charge on any atom is 0.166 e. The molecule has 0 unspecified atom stereocenters.